The fraction of sp³-hybridized carbons (Fsp3) is 0. The lowest BCUT2D eigenvalue weighted by Crippen LogP contribution is -2.17. The fourth-order valence-corrected chi connectivity index (χ4v) is 1.41. The van der Waals surface area contributed by atoms with Crippen LogP contribution in [0.5, 0.6) is 5.75 Å². The van der Waals surface area contributed by atoms with Crippen LogP contribution in [0.3, 0.4) is 0 Å². The first kappa shape index (κ1) is 13.4. The maximum Gasteiger partial charge on any atom is 0.417 e. The van der Waals surface area contributed by atoms with E-state index < -0.39 is 22.5 Å². The molecule has 0 atom stereocenters. The number of ether oxygens (including phenoxy) is 1. The molecule has 2 rings (SSSR count). The van der Waals surface area contributed by atoms with Crippen molar-refractivity contribution in [1.29, 1.82) is 0 Å². The third kappa shape index (κ3) is 3.25. The Kier molecular flexibility index (Phi) is 3.85. The van der Waals surface area contributed by atoms with Crippen molar-refractivity contribution in [2.24, 2.45) is 0 Å². The summed E-state index contributed by atoms with van der Waals surface area (Å²) in [6, 6.07) is 5.83. The van der Waals surface area contributed by atoms with E-state index in [9.17, 15) is 19.3 Å². The van der Waals surface area contributed by atoms with Crippen molar-refractivity contribution in [3.05, 3.63) is 58.7 Å². The molecule has 2 aromatic rings. The van der Waals surface area contributed by atoms with Gasteiger partial charge in [0.1, 0.15) is 11.5 Å². The van der Waals surface area contributed by atoms with Crippen molar-refractivity contribution < 1.29 is 18.8 Å². The number of carbonyl (C=O) groups is 1. The number of benzene rings is 1. The quantitative estimate of drug-likeness (QED) is 0.687. The van der Waals surface area contributed by atoms with Gasteiger partial charge in [-0.05, 0) is 24.3 Å². The van der Waals surface area contributed by atoms with Crippen LogP contribution in [0.2, 0.25) is 0 Å². The lowest BCUT2D eigenvalue weighted by atomic mass is 10.2. The Labute approximate surface area is 112 Å². The van der Waals surface area contributed by atoms with Gasteiger partial charge in [0.15, 0.2) is 5.75 Å². The average Bonchev–Trinajstić information content (AvgIpc) is 2.41. The van der Waals surface area contributed by atoms with E-state index in [4.69, 9.17) is 4.74 Å². The van der Waals surface area contributed by atoms with Crippen molar-refractivity contribution in [2.45, 2.75) is 0 Å². The molecule has 1 heterocycles. The fourth-order valence-electron chi connectivity index (χ4n) is 1.41. The number of anilines is 1. The Morgan fingerprint density at radius 2 is 2.20 bits per heavy atom. The van der Waals surface area contributed by atoms with E-state index in [1.165, 1.54) is 18.5 Å². The Balaban J connectivity index is 2.14. The zero-order valence-corrected chi connectivity index (χ0v) is 9.95. The summed E-state index contributed by atoms with van der Waals surface area (Å²) >= 11 is 0. The molecule has 102 valence electrons. The van der Waals surface area contributed by atoms with Crippen molar-refractivity contribution >= 4 is 17.5 Å². The molecule has 1 amide bonds. The molecular weight excluding hydrogens is 269 g/mol. The molecule has 0 unspecified atom stereocenters. The molecule has 0 saturated heterocycles. The summed E-state index contributed by atoms with van der Waals surface area (Å²) in [5.41, 5.74) is -0.724. The molecular formula is C12H8FN3O4. The molecule has 1 N–H and O–H groups in total. The van der Waals surface area contributed by atoms with Crippen LogP contribution in [-0.4, -0.2) is 16.0 Å². The number of nitro benzene ring substituents is 1. The van der Waals surface area contributed by atoms with E-state index in [1.54, 1.807) is 6.07 Å². The molecule has 0 spiro atoms. The van der Waals surface area contributed by atoms with E-state index in [2.05, 4.69) is 10.3 Å². The van der Waals surface area contributed by atoms with Gasteiger partial charge in [0.25, 0.3) is 5.69 Å². The first-order valence-corrected chi connectivity index (χ1v) is 5.39. The zero-order valence-electron chi connectivity index (χ0n) is 9.95. The number of nitro groups is 1. The second kappa shape index (κ2) is 5.74. The minimum atomic E-state index is -0.937. The summed E-state index contributed by atoms with van der Waals surface area (Å²) < 4.78 is 17.8. The summed E-state index contributed by atoms with van der Waals surface area (Å²) in [6.07, 6.45) is 1.86. The summed E-state index contributed by atoms with van der Waals surface area (Å²) in [7, 11) is 0. The number of carbonyl (C=O) groups excluding carboxylic acids is 1. The maximum absolute atomic E-state index is 12.9. The second-order valence-electron chi connectivity index (χ2n) is 3.62. The third-order valence-corrected chi connectivity index (χ3v) is 2.24. The van der Waals surface area contributed by atoms with E-state index in [-0.39, 0.29) is 11.4 Å². The minimum absolute atomic E-state index is 0.162. The highest BCUT2D eigenvalue weighted by Gasteiger charge is 2.17. The molecule has 0 aliphatic heterocycles. The van der Waals surface area contributed by atoms with Gasteiger partial charge in [-0.1, -0.05) is 0 Å². The van der Waals surface area contributed by atoms with E-state index in [0.717, 1.165) is 12.1 Å². The van der Waals surface area contributed by atoms with Gasteiger partial charge in [-0.15, -0.1) is 0 Å². The summed E-state index contributed by atoms with van der Waals surface area (Å²) in [6.45, 7) is 0. The molecule has 1 aromatic heterocycles. The number of halogens is 1. The van der Waals surface area contributed by atoms with Gasteiger partial charge in [-0.3, -0.25) is 20.4 Å². The molecule has 0 aliphatic rings. The molecule has 0 aliphatic carbocycles. The number of rotatable bonds is 3. The summed E-state index contributed by atoms with van der Waals surface area (Å²) in [4.78, 5) is 25.3. The number of hydrogen-bond donors (Lipinski definition) is 1. The lowest BCUT2D eigenvalue weighted by molar-refractivity contribution is -0.384. The van der Waals surface area contributed by atoms with Crippen LogP contribution < -0.4 is 10.1 Å². The average molecular weight is 277 g/mol. The monoisotopic (exact) mass is 277 g/mol. The highest BCUT2D eigenvalue weighted by atomic mass is 19.1. The normalized spacial score (nSPS) is 9.85. The van der Waals surface area contributed by atoms with Crippen LogP contribution in [0.25, 0.3) is 0 Å². The molecule has 1 aromatic carbocycles. The van der Waals surface area contributed by atoms with E-state index in [0.29, 0.717) is 6.07 Å². The van der Waals surface area contributed by atoms with Gasteiger partial charge in [0.05, 0.1) is 17.2 Å². The smallest absolute Gasteiger partial charge is 0.408 e. The molecule has 20 heavy (non-hydrogen) atoms. The number of pyridine rings is 1. The van der Waals surface area contributed by atoms with Gasteiger partial charge < -0.3 is 4.74 Å². The zero-order chi connectivity index (χ0) is 14.5. The first-order chi connectivity index (χ1) is 9.56. The number of nitrogens with one attached hydrogen (secondary N) is 1. The topological polar surface area (TPSA) is 94.4 Å². The van der Waals surface area contributed by atoms with Gasteiger partial charge in [0.2, 0.25) is 0 Å². The molecule has 0 fully saturated rings. The SMILES string of the molecule is O=C(Nc1ccc(F)cc1[N+](=O)[O-])Oc1cccnc1. The predicted molar refractivity (Wildman–Crippen MR) is 66.9 cm³/mol. The van der Waals surface area contributed by atoms with Crippen LogP contribution in [0.15, 0.2) is 42.7 Å². The van der Waals surface area contributed by atoms with Crippen molar-refractivity contribution in [3.8, 4) is 5.75 Å². The molecule has 7 nitrogen and oxygen atoms in total. The number of nitrogens with zero attached hydrogens (tertiary/aromatic N) is 2. The molecule has 0 saturated carbocycles. The Hall–Kier alpha value is -3.03. The Morgan fingerprint density at radius 1 is 1.40 bits per heavy atom. The molecule has 0 bridgehead atoms. The lowest BCUT2D eigenvalue weighted by Gasteiger charge is -2.06. The van der Waals surface area contributed by atoms with Gasteiger partial charge in [0, 0.05) is 6.20 Å². The number of amides is 1. The van der Waals surface area contributed by atoms with Crippen molar-refractivity contribution in [2.75, 3.05) is 5.32 Å². The van der Waals surface area contributed by atoms with E-state index >= 15 is 0 Å². The Morgan fingerprint density at radius 3 is 2.85 bits per heavy atom. The van der Waals surface area contributed by atoms with E-state index in [1.807, 2.05) is 0 Å². The largest absolute Gasteiger partial charge is 0.417 e. The maximum atomic E-state index is 12.9. The standard InChI is InChI=1S/C12H8FN3O4/c13-8-3-4-10(11(6-8)16(18)19)15-12(17)20-9-2-1-5-14-7-9/h1-7H,(H,15,17). The van der Waals surface area contributed by atoms with Gasteiger partial charge in [-0.2, -0.15) is 0 Å². The predicted octanol–water partition coefficient (Wildman–Crippen LogP) is 2.74. The van der Waals surface area contributed by atoms with Crippen LogP contribution in [0.1, 0.15) is 0 Å². The van der Waals surface area contributed by atoms with Crippen LogP contribution in [0, 0.1) is 15.9 Å². The van der Waals surface area contributed by atoms with Gasteiger partial charge in [-0.25, -0.2) is 9.18 Å². The van der Waals surface area contributed by atoms with Crippen LogP contribution in [-0.2, 0) is 0 Å². The molecule has 0 radical (unpaired) electrons. The highest BCUT2D eigenvalue weighted by molar-refractivity contribution is 5.89. The van der Waals surface area contributed by atoms with Crippen molar-refractivity contribution in [3.63, 3.8) is 0 Å². The summed E-state index contributed by atoms with van der Waals surface area (Å²) in [5, 5.41) is 12.9. The minimum Gasteiger partial charge on any atom is -0.408 e. The van der Waals surface area contributed by atoms with Crippen molar-refractivity contribution in [1.82, 2.24) is 4.98 Å². The summed E-state index contributed by atoms with van der Waals surface area (Å²) in [5.74, 6) is -0.599. The van der Waals surface area contributed by atoms with Crippen LogP contribution >= 0.6 is 0 Å². The second-order valence-corrected chi connectivity index (χ2v) is 3.62. The third-order valence-electron chi connectivity index (χ3n) is 2.24. The van der Waals surface area contributed by atoms with Gasteiger partial charge >= 0.3 is 6.09 Å². The highest BCUT2D eigenvalue weighted by Crippen LogP contribution is 2.25. The number of aromatic nitrogens is 1. The molecule has 8 heteroatoms. The van der Waals surface area contributed by atoms with Crippen LogP contribution in [0.4, 0.5) is 20.6 Å². The number of hydrogen-bond acceptors (Lipinski definition) is 5. The first-order valence-electron chi connectivity index (χ1n) is 5.39. The Bertz CT molecular complexity index is 648.